The van der Waals surface area contributed by atoms with Crippen LogP contribution in [0.15, 0.2) is 40.0 Å². The summed E-state index contributed by atoms with van der Waals surface area (Å²) in [6.45, 7) is 0. The zero-order valence-electron chi connectivity index (χ0n) is 15.8. The summed E-state index contributed by atoms with van der Waals surface area (Å²) in [6, 6.07) is 9.14. The molecule has 1 aliphatic heterocycles. The van der Waals surface area contributed by atoms with E-state index in [2.05, 4.69) is 36.4 Å². The summed E-state index contributed by atoms with van der Waals surface area (Å²) < 4.78 is 17.7. The number of aromatic nitrogens is 3. The SMILES string of the molecule is COc1cc([C@H]2Nc3ccc(Br)cc3-c3nnc(SC)nc3O2)cc(OC)c1O. The third-order valence-electron chi connectivity index (χ3n) is 4.38. The number of phenols is 1. The Labute approximate surface area is 179 Å². The summed E-state index contributed by atoms with van der Waals surface area (Å²) in [4.78, 5) is 4.50. The number of hydrogen-bond acceptors (Lipinski definition) is 9. The predicted molar refractivity (Wildman–Crippen MR) is 113 cm³/mol. The van der Waals surface area contributed by atoms with Crippen LogP contribution in [0.2, 0.25) is 0 Å². The number of nitrogens with one attached hydrogen (secondary N) is 1. The Morgan fingerprint density at radius 3 is 2.52 bits per heavy atom. The summed E-state index contributed by atoms with van der Waals surface area (Å²) in [5.41, 5.74) is 2.83. The molecule has 2 N–H and O–H groups in total. The lowest BCUT2D eigenvalue weighted by molar-refractivity contribution is 0.223. The van der Waals surface area contributed by atoms with Gasteiger partial charge in [-0.15, -0.1) is 10.2 Å². The molecule has 8 nitrogen and oxygen atoms in total. The first-order chi connectivity index (χ1) is 14.0. The van der Waals surface area contributed by atoms with E-state index >= 15 is 0 Å². The van der Waals surface area contributed by atoms with Gasteiger partial charge in [0.1, 0.15) is 0 Å². The normalized spacial score (nSPS) is 14.7. The van der Waals surface area contributed by atoms with E-state index < -0.39 is 6.23 Å². The molecule has 0 amide bonds. The monoisotopic (exact) mass is 476 g/mol. The maximum Gasteiger partial charge on any atom is 0.247 e. The standard InChI is InChI=1S/C19H17BrN4O4S/c1-26-13-6-9(7-14(27-2)16(13)25)17-21-12-5-4-10(20)8-11(12)15-18(28-17)22-19(29-3)24-23-15/h4-8,17,21,25H,1-3H3/t17-/m0/s1. The van der Waals surface area contributed by atoms with Crippen LogP contribution in [0.1, 0.15) is 11.8 Å². The second-order valence-electron chi connectivity index (χ2n) is 6.06. The minimum absolute atomic E-state index is 0.0780. The number of nitrogens with zero attached hydrogens (tertiary/aromatic N) is 3. The molecule has 29 heavy (non-hydrogen) atoms. The van der Waals surface area contributed by atoms with Crippen LogP contribution < -0.4 is 19.5 Å². The van der Waals surface area contributed by atoms with E-state index in [0.29, 0.717) is 22.3 Å². The maximum atomic E-state index is 10.2. The topological polar surface area (TPSA) is 98.6 Å². The minimum atomic E-state index is -0.633. The van der Waals surface area contributed by atoms with Crippen molar-refractivity contribution in [3.8, 4) is 34.4 Å². The molecule has 0 saturated carbocycles. The molecule has 10 heteroatoms. The number of methoxy groups -OCH3 is 2. The lowest BCUT2D eigenvalue weighted by Gasteiger charge is -2.21. The molecule has 0 saturated heterocycles. The molecule has 0 spiro atoms. The van der Waals surface area contributed by atoms with Crippen LogP contribution in [-0.4, -0.2) is 40.8 Å². The number of phenolic OH excluding ortho intramolecular Hbond substituents is 1. The first-order valence-corrected chi connectivity index (χ1v) is 10.5. The molecule has 4 rings (SSSR count). The van der Waals surface area contributed by atoms with Crippen molar-refractivity contribution < 1.29 is 19.3 Å². The van der Waals surface area contributed by atoms with Crippen LogP contribution >= 0.6 is 27.7 Å². The van der Waals surface area contributed by atoms with Gasteiger partial charge in [0.15, 0.2) is 23.4 Å². The van der Waals surface area contributed by atoms with Gasteiger partial charge < -0.3 is 24.6 Å². The van der Waals surface area contributed by atoms with Crippen LogP contribution in [0.4, 0.5) is 5.69 Å². The van der Waals surface area contributed by atoms with Crippen molar-refractivity contribution in [3.63, 3.8) is 0 Å². The number of ether oxygens (including phenoxy) is 3. The van der Waals surface area contributed by atoms with Gasteiger partial charge in [-0.1, -0.05) is 27.7 Å². The summed E-state index contributed by atoms with van der Waals surface area (Å²) in [6.07, 6.45) is 1.24. The number of fused-ring (bicyclic) bond motifs is 3. The Morgan fingerprint density at radius 1 is 1.14 bits per heavy atom. The van der Waals surface area contributed by atoms with Gasteiger partial charge in [-0.3, -0.25) is 0 Å². The minimum Gasteiger partial charge on any atom is -0.502 e. The lowest BCUT2D eigenvalue weighted by Crippen LogP contribution is -2.17. The highest BCUT2D eigenvalue weighted by Crippen LogP contribution is 2.44. The van der Waals surface area contributed by atoms with E-state index in [1.165, 1.54) is 26.0 Å². The fraction of sp³-hybridized carbons (Fsp3) is 0.211. The van der Waals surface area contributed by atoms with E-state index in [0.717, 1.165) is 15.7 Å². The highest BCUT2D eigenvalue weighted by molar-refractivity contribution is 9.10. The molecule has 1 aromatic heterocycles. The van der Waals surface area contributed by atoms with Crippen molar-refractivity contribution >= 4 is 33.4 Å². The molecule has 0 aliphatic carbocycles. The number of rotatable bonds is 4. The molecule has 150 valence electrons. The summed E-state index contributed by atoms with van der Waals surface area (Å²) in [5.74, 6) is 0.821. The van der Waals surface area contributed by atoms with E-state index in [9.17, 15) is 5.11 Å². The fourth-order valence-corrected chi connectivity index (χ4v) is 3.63. The zero-order chi connectivity index (χ0) is 20.5. The van der Waals surface area contributed by atoms with Crippen molar-refractivity contribution in [1.29, 1.82) is 0 Å². The highest BCUT2D eigenvalue weighted by atomic mass is 79.9. The fourth-order valence-electron chi connectivity index (χ4n) is 2.97. The summed E-state index contributed by atoms with van der Waals surface area (Å²) in [7, 11) is 2.95. The number of anilines is 1. The van der Waals surface area contributed by atoms with Crippen LogP contribution in [0.3, 0.4) is 0 Å². The molecule has 0 radical (unpaired) electrons. The Kier molecular flexibility index (Phi) is 5.37. The number of hydrogen-bond donors (Lipinski definition) is 2. The van der Waals surface area contributed by atoms with Gasteiger partial charge >= 0.3 is 0 Å². The summed E-state index contributed by atoms with van der Waals surface area (Å²) in [5, 5.41) is 22.6. The van der Waals surface area contributed by atoms with Crippen molar-refractivity contribution in [2.45, 2.75) is 11.4 Å². The van der Waals surface area contributed by atoms with Gasteiger partial charge in [-0.2, -0.15) is 4.98 Å². The molecular formula is C19H17BrN4O4S. The van der Waals surface area contributed by atoms with Gasteiger partial charge in [0.2, 0.25) is 16.8 Å². The van der Waals surface area contributed by atoms with Crippen LogP contribution in [0, 0.1) is 0 Å². The molecule has 1 aliphatic rings. The van der Waals surface area contributed by atoms with Crippen molar-refractivity contribution in [1.82, 2.24) is 15.2 Å². The largest absolute Gasteiger partial charge is 0.502 e. The number of thioether (sulfide) groups is 1. The molecule has 2 aromatic carbocycles. The van der Waals surface area contributed by atoms with Crippen molar-refractivity contribution in [3.05, 3.63) is 40.4 Å². The van der Waals surface area contributed by atoms with Crippen LogP contribution in [-0.2, 0) is 0 Å². The average Bonchev–Trinajstić information content (AvgIpc) is 2.90. The number of aromatic hydroxyl groups is 1. The van der Waals surface area contributed by atoms with Crippen LogP contribution in [0.25, 0.3) is 11.3 Å². The quantitative estimate of drug-likeness (QED) is 0.535. The Hall–Kier alpha value is -2.72. The van der Waals surface area contributed by atoms with Gasteiger partial charge in [-0.25, -0.2) is 0 Å². The zero-order valence-corrected chi connectivity index (χ0v) is 18.2. The summed E-state index contributed by atoms with van der Waals surface area (Å²) >= 11 is 4.88. The van der Waals surface area contributed by atoms with Crippen LogP contribution in [0.5, 0.6) is 23.1 Å². The van der Waals surface area contributed by atoms with E-state index in [-0.39, 0.29) is 17.2 Å². The maximum absolute atomic E-state index is 10.2. The molecule has 3 aromatic rings. The van der Waals surface area contributed by atoms with Gasteiger partial charge in [0, 0.05) is 21.3 Å². The Balaban J connectivity index is 1.88. The Bertz CT molecular complexity index is 1060. The molecule has 1 atom stereocenters. The number of halogens is 1. The van der Waals surface area contributed by atoms with E-state index in [1.54, 1.807) is 12.1 Å². The first-order valence-electron chi connectivity index (χ1n) is 8.50. The molecule has 0 unspecified atom stereocenters. The smallest absolute Gasteiger partial charge is 0.247 e. The van der Waals surface area contributed by atoms with E-state index in [4.69, 9.17) is 14.2 Å². The molecule has 2 heterocycles. The van der Waals surface area contributed by atoms with E-state index in [1.807, 2.05) is 24.5 Å². The Morgan fingerprint density at radius 2 is 1.86 bits per heavy atom. The second kappa shape index (κ2) is 7.96. The molecule has 0 fully saturated rings. The van der Waals surface area contributed by atoms with Crippen molar-refractivity contribution in [2.24, 2.45) is 0 Å². The van der Waals surface area contributed by atoms with Gasteiger partial charge in [-0.05, 0) is 36.6 Å². The van der Waals surface area contributed by atoms with Crippen molar-refractivity contribution in [2.75, 3.05) is 25.8 Å². The predicted octanol–water partition coefficient (Wildman–Crippen LogP) is 4.25. The lowest BCUT2D eigenvalue weighted by atomic mass is 10.1. The number of benzene rings is 2. The van der Waals surface area contributed by atoms with Gasteiger partial charge in [0.25, 0.3) is 0 Å². The third kappa shape index (κ3) is 3.65. The molecule has 0 bridgehead atoms. The first kappa shape index (κ1) is 19.6. The van der Waals surface area contributed by atoms with Gasteiger partial charge in [0.05, 0.1) is 14.2 Å². The second-order valence-corrected chi connectivity index (χ2v) is 7.75. The highest BCUT2D eigenvalue weighted by Gasteiger charge is 2.28. The average molecular weight is 477 g/mol. The third-order valence-corrected chi connectivity index (χ3v) is 5.41. The molecular weight excluding hydrogens is 460 g/mol.